The second-order valence-electron chi connectivity index (χ2n) is 14.1. The molecule has 6 rings (SSSR count). The summed E-state index contributed by atoms with van der Waals surface area (Å²) in [4.78, 5) is 33.1. The van der Waals surface area contributed by atoms with Gasteiger partial charge in [-0.05, 0) is 86.3 Å². The van der Waals surface area contributed by atoms with Crippen molar-refractivity contribution in [1.82, 2.24) is 25.1 Å². The van der Waals surface area contributed by atoms with E-state index in [-0.39, 0.29) is 28.7 Å². The molecule has 0 saturated carbocycles. The maximum absolute atomic E-state index is 13.6. The van der Waals surface area contributed by atoms with Crippen molar-refractivity contribution < 1.29 is 19.7 Å². The zero-order valence-electron chi connectivity index (χ0n) is 29.4. The number of aryl methyl sites for hydroxylation is 2. The molecule has 2 aromatic carbocycles. The van der Waals surface area contributed by atoms with Crippen LogP contribution in [0.15, 0.2) is 59.5 Å². The number of benzene rings is 2. The van der Waals surface area contributed by atoms with Crippen molar-refractivity contribution in [2.45, 2.75) is 91.5 Å². The molecule has 1 amide bonds. The number of H-pyrrole nitrogens is 1. The third kappa shape index (κ3) is 7.69. The van der Waals surface area contributed by atoms with E-state index in [0.717, 1.165) is 72.6 Å². The second-order valence-corrected chi connectivity index (χ2v) is 14.1. The first-order valence-electron chi connectivity index (χ1n) is 17.7. The van der Waals surface area contributed by atoms with Gasteiger partial charge in [-0.1, -0.05) is 39.0 Å². The van der Waals surface area contributed by atoms with Gasteiger partial charge in [-0.3, -0.25) is 9.59 Å². The summed E-state index contributed by atoms with van der Waals surface area (Å²) in [6, 6.07) is 14.2. The number of phenols is 1. The van der Waals surface area contributed by atoms with E-state index in [0.29, 0.717) is 47.8 Å². The number of phenolic OH excluding ortho intramolecular Hbond substituents is 1. The lowest BCUT2D eigenvalue weighted by molar-refractivity contribution is 0.0904. The molecule has 1 saturated heterocycles. The SMILES string of the molecule is CCc1nc2c(cnn2CC)c(NC2CCOCC2)c1CNC(=O)c1cccc(CC(C)(C)CC[C@H](O)c2ccc(O)c3[nH]c(=O)ccc23)c1. The molecule has 0 bridgehead atoms. The number of aromatic amines is 1. The van der Waals surface area contributed by atoms with E-state index in [1.54, 1.807) is 12.1 Å². The number of hydrogen-bond donors (Lipinski definition) is 5. The average molecular weight is 681 g/mol. The van der Waals surface area contributed by atoms with E-state index >= 15 is 0 Å². The fraction of sp³-hybridized carbons (Fsp3) is 0.436. The number of rotatable bonds is 13. The normalized spacial score (nSPS) is 14.7. The number of hydrogen-bond acceptors (Lipinski definition) is 8. The van der Waals surface area contributed by atoms with Crippen LogP contribution in [0.4, 0.5) is 5.69 Å². The maximum atomic E-state index is 13.6. The fourth-order valence-electron chi connectivity index (χ4n) is 7.07. The van der Waals surface area contributed by atoms with Gasteiger partial charge in [-0.25, -0.2) is 9.67 Å². The molecular weight excluding hydrogens is 632 g/mol. The summed E-state index contributed by atoms with van der Waals surface area (Å²) in [6.45, 7) is 11.0. The molecule has 11 heteroatoms. The predicted octanol–water partition coefficient (Wildman–Crippen LogP) is 6.16. The molecule has 264 valence electrons. The number of aromatic nitrogens is 4. The van der Waals surface area contributed by atoms with E-state index in [2.05, 4.69) is 48.4 Å². The Balaban J connectivity index is 1.14. The van der Waals surface area contributed by atoms with Gasteiger partial charge in [0.2, 0.25) is 5.56 Å². The Kier molecular flexibility index (Phi) is 10.5. The molecule has 11 nitrogen and oxygen atoms in total. The fourth-order valence-corrected chi connectivity index (χ4v) is 7.07. The van der Waals surface area contributed by atoms with Crippen molar-refractivity contribution >= 4 is 33.5 Å². The number of fused-ring (bicyclic) bond motifs is 2. The van der Waals surface area contributed by atoms with Gasteiger partial charge in [-0.2, -0.15) is 5.10 Å². The van der Waals surface area contributed by atoms with E-state index < -0.39 is 6.10 Å². The smallest absolute Gasteiger partial charge is 0.251 e. The number of ether oxygens (including phenoxy) is 1. The first-order valence-corrected chi connectivity index (χ1v) is 17.7. The van der Waals surface area contributed by atoms with Crippen LogP contribution in [-0.2, 0) is 30.7 Å². The van der Waals surface area contributed by atoms with Gasteiger partial charge < -0.3 is 30.6 Å². The number of aromatic hydroxyl groups is 1. The van der Waals surface area contributed by atoms with Crippen molar-refractivity contribution in [3.8, 4) is 5.75 Å². The molecule has 3 aromatic heterocycles. The molecule has 1 fully saturated rings. The maximum Gasteiger partial charge on any atom is 0.251 e. The number of pyridine rings is 2. The highest BCUT2D eigenvalue weighted by atomic mass is 16.5. The molecule has 0 spiro atoms. The zero-order chi connectivity index (χ0) is 35.4. The number of amides is 1. The van der Waals surface area contributed by atoms with Gasteiger partial charge in [0.15, 0.2) is 5.65 Å². The molecule has 4 heterocycles. The number of aliphatic hydroxyl groups excluding tert-OH is 1. The Hall–Kier alpha value is -4.74. The number of carbonyl (C=O) groups is 1. The lowest BCUT2D eigenvalue weighted by atomic mass is 9.80. The van der Waals surface area contributed by atoms with Crippen LogP contribution in [0.1, 0.15) is 92.2 Å². The van der Waals surface area contributed by atoms with E-state index in [1.165, 1.54) is 12.1 Å². The van der Waals surface area contributed by atoms with Crippen molar-refractivity contribution in [3.63, 3.8) is 0 Å². The Morgan fingerprint density at radius 3 is 2.68 bits per heavy atom. The molecule has 0 unspecified atom stereocenters. The van der Waals surface area contributed by atoms with Gasteiger partial charge in [0.25, 0.3) is 5.91 Å². The summed E-state index contributed by atoms with van der Waals surface area (Å²) in [6.07, 6.45) is 5.57. The van der Waals surface area contributed by atoms with Crippen molar-refractivity contribution in [2.24, 2.45) is 5.41 Å². The summed E-state index contributed by atoms with van der Waals surface area (Å²) >= 11 is 0. The third-order valence-corrected chi connectivity index (χ3v) is 9.83. The van der Waals surface area contributed by atoms with Crippen LogP contribution in [-0.4, -0.2) is 55.1 Å². The molecule has 5 aromatic rings. The largest absolute Gasteiger partial charge is 0.506 e. The first kappa shape index (κ1) is 35.1. The first-order chi connectivity index (χ1) is 24.1. The van der Waals surface area contributed by atoms with Crippen LogP contribution in [0.3, 0.4) is 0 Å². The Labute approximate surface area is 292 Å². The lowest BCUT2D eigenvalue weighted by Crippen LogP contribution is -2.30. The molecule has 50 heavy (non-hydrogen) atoms. The van der Waals surface area contributed by atoms with Crippen LogP contribution in [0, 0.1) is 5.41 Å². The van der Waals surface area contributed by atoms with E-state index in [4.69, 9.17) is 9.72 Å². The monoisotopic (exact) mass is 680 g/mol. The third-order valence-electron chi connectivity index (χ3n) is 9.83. The standard InChI is InChI=1S/C39H48N6O5/c1-5-31-29(35(42-26-15-18-50-19-16-26)30-23-41-45(6-2)37(30)43-31)22-40-38(49)25-9-7-8-24(20-25)21-39(3,4)17-14-32(46)27-10-12-33(47)36-28(27)11-13-34(48)44-36/h7-13,20,23,26,32,46-47H,5-6,14-19,21-22H2,1-4H3,(H,40,49)(H,42,43)(H,44,48)/t32-/m0/s1. The highest BCUT2D eigenvalue weighted by molar-refractivity contribution is 5.95. The van der Waals surface area contributed by atoms with Crippen LogP contribution in [0.2, 0.25) is 0 Å². The molecule has 1 atom stereocenters. The Morgan fingerprint density at radius 1 is 1.12 bits per heavy atom. The van der Waals surface area contributed by atoms with Gasteiger partial charge in [0, 0.05) is 60.6 Å². The molecular formula is C39H48N6O5. The van der Waals surface area contributed by atoms with Gasteiger partial charge in [0.1, 0.15) is 5.75 Å². The number of aliphatic hydroxyl groups is 1. The highest BCUT2D eigenvalue weighted by Gasteiger charge is 2.24. The minimum Gasteiger partial charge on any atom is -0.506 e. The molecule has 1 aliphatic rings. The molecule has 0 aliphatic carbocycles. The summed E-state index contributed by atoms with van der Waals surface area (Å²) in [5.74, 6) is -0.182. The van der Waals surface area contributed by atoms with Gasteiger partial charge in [0.05, 0.1) is 28.9 Å². The van der Waals surface area contributed by atoms with Gasteiger partial charge >= 0.3 is 0 Å². The van der Waals surface area contributed by atoms with Crippen molar-refractivity contribution in [3.05, 3.63) is 93.0 Å². The number of nitrogens with zero attached hydrogens (tertiary/aromatic N) is 3. The quantitative estimate of drug-likeness (QED) is 0.0991. The van der Waals surface area contributed by atoms with Crippen LogP contribution < -0.4 is 16.2 Å². The summed E-state index contributed by atoms with van der Waals surface area (Å²) in [7, 11) is 0. The van der Waals surface area contributed by atoms with E-state index in [1.807, 2.05) is 35.1 Å². The van der Waals surface area contributed by atoms with Crippen LogP contribution in [0.5, 0.6) is 5.75 Å². The predicted molar refractivity (Wildman–Crippen MR) is 196 cm³/mol. The minimum atomic E-state index is -0.774. The number of carbonyl (C=O) groups excluding carboxylic acids is 1. The second kappa shape index (κ2) is 15.0. The van der Waals surface area contributed by atoms with Crippen LogP contribution >= 0.6 is 0 Å². The van der Waals surface area contributed by atoms with Crippen LogP contribution in [0.25, 0.3) is 21.9 Å². The summed E-state index contributed by atoms with van der Waals surface area (Å²) < 4.78 is 7.51. The lowest BCUT2D eigenvalue weighted by Gasteiger charge is -2.27. The van der Waals surface area contributed by atoms with Gasteiger partial charge in [-0.15, -0.1) is 0 Å². The summed E-state index contributed by atoms with van der Waals surface area (Å²) in [5.41, 5.74) is 5.89. The molecule has 0 radical (unpaired) electrons. The Bertz CT molecular complexity index is 2040. The van der Waals surface area contributed by atoms with E-state index in [9.17, 15) is 19.8 Å². The highest BCUT2D eigenvalue weighted by Crippen LogP contribution is 2.35. The van der Waals surface area contributed by atoms with Crippen molar-refractivity contribution in [1.29, 1.82) is 0 Å². The molecule has 1 aliphatic heterocycles. The molecule has 5 N–H and O–H groups in total. The number of nitrogens with one attached hydrogen (secondary N) is 3. The Morgan fingerprint density at radius 2 is 1.92 bits per heavy atom. The average Bonchev–Trinajstić information content (AvgIpc) is 3.53. The topological polar surface area (TPSA) is 154 Å². The number of anilines is 1. The summed E-state index contributed by atoms with van der Waals surface area (Å²) in [5, 5.41) is 34.5. The zero-order valence-corrected chi connectivity index (χ0v) is 29.4. The minimum absolute atomic E-state index is 0.0301. The van der Waals surface area contributed by atoms with Crippen molar-refractivity contribution in [2.75, 3.05) is 18.5 Å².